The zero-order valence-corrected chi connectivity index (χ0v) is 12.1. The third-order valence-electron chi connectivity index (χ3n) is 2.91. The summed E-state index contributed by atoms with van der Waals surface area (Å²) in [5.41, 5.74) is -0.227. The van der Waals surface area contributed by atoms with Crippen LogP contribution in [0, 0.1) is 5.82 Å². The van der Waals surface area contributed by atoms with Crippen molar-refractivity contribution in [1.82, 2.24) is 0 Å². The van der Waals surface area contributed by atoms with Gasteiger partial charge in [0.15, 0.2) is 15.6 Å². The van der Waals surface area contributed by atoms with Gasteiger partial charge in [0.1, 0.15) is 17.3 Å². The highest BCUT2D eigenvalue weighted by molar-refractivity contribution is 7.92. The molecule has 0 N–H and O–H groups in total. The van der Waals surface area contributed by atoms with Gasteiger partial charge in [-0.15, -0.1) is 0 Å². The summed E-state index contributed by atoms with van der Waals surface area (Å²) >= 11 is 0. The maximum Gasteiger partial charge on any atom is 0.185 e. The third-order valence-corrected chi connectivity index (χ3v) is 4.55. The Morgan fingerprint density at radius 2 is 1.71 bits per heavy atom. The summed E-state index contributed by atoms with van der Waals surface area (Å²) in [5.74, 6) is -1.77. The molecule has 0 atom stereocenters. The van der Waals surface area contributed by atoms with Gasteiger partial charge in [0, 0.05) is 0 Å². The molecule has 0 bridgehead atoms. The predicted octanol–water partition coefficient (Wildman–Crippen LogP) is 2.49. The first kappa shape index (κ1) is 15.2. The SMILES string of the molecule is COc1ccc(S(=O)(=O)CC(=O)c2ccccc2F)cc1. The molecule has 4 nitrogen and oxygen atoms in total. The van der Waals surface area contributed by atoms with Gasteiger partial charge in [-0.25, -0.2) is 12.8 Å². The van der Waals surface area contributed by atoms with Crippen LogP contribution < -0.4 is 4.74 Å². The molecule has 0 heterocycles. The smallest absolute Gasteiger partial charge is 0.185 e. The van der Waals surface area contributed by atoms with Crippen LogP contribution in [-0.2, 0) is 9.84 Å². The number of halogens is 1. The number of sulfone groups is 1. The molecule has 0 aliphatic rings. The van der Waals surface area contributed by atoms with Gasteiger partial charge in [-0.2, -0.15) is 0 Å². The summed E-state index contributed by atoms with van der Waals surface area (Å²) in [5, 5.41) is 0. The largest absolute Gasteiger partial charge is 0.497 e. The number of methoxy groups -OCH3 is 1. The van der Waals surface area contributed by atoms with Crippen LogP contribution in [0.15, 0.2) is 53.4 Å². The zero-order chi connectivity index (χ0) is 15.5. The minimum absolute atomic E-state index is 0.00649. The molecular weight excluding hydrogens is 295 g/mol. The van der Waals surface area contributed by atoms with Crippen molar-refractivity contribution >= 4 is 15.6 Å². The fourth-order valence-electron chi connectivity index (χ4n) is 1.80. The Labute approximate surface area is 122 Å². The number of hydrogen-bond donors (Lipinski definition) is 0. The number of rotatable bonds is 5. The van der Waals surface area contributed by atoms with Crippen molar-refractivity contribution in [3.63, 3.8) is 0 Å². The Kier molecular flexibility index (Phi) is 4.37. The highest BCUT2D eigenvalue weighted by atomic mass is 32.2. The fraction of sp³-hybridized carbons (Fsp3) is 0.133. The van der Waals surface area contributed by atoms with E-state index >= 15 is 0 Å². The van der Waals surface area contributed by atoms with E-state index in [4.69, 9.17) is 4.74 Å². The Hall–Kier alpha value is -2.21. The van der Waals surface area contributed by atoms with Crippen molar-refractivity contribution in [3.8, 4) is 5.75 Å². The van der Waals surface area contributed by atoms with Crippen molar-refractivity contribution in [2.45, 2.75) is 4.90 Å². The second-order valence-electron chi connectivity index (χ2n) is 4.34. The zero-order valence-electron chi connectivity index (χ0n) is 11.2. The third kappa shape index (κ3) is 3.46. The van der Waals surface area contributed by atoms with Gasteiger partial charge in [0.05, 0.1) is 17.6 Å². The number of carbonyl (C=O) groups excluding carboxylic acids is 1. The van der Waals surface area contributed by atoms with E-state index < -0.39 is 27.2 Å². The van der Waals surface area contributed by atoms with Crippen LogP contribution in [0.1, 0.15) is 10.4 Å². The van der Waals surface area contributed by atoms with E-state index in [1.165, 1.54) is 49.6 Å². The van der Waals surface area contributed by atoms with Gasteiger partial charge in [0.2, 0.25) is 0 Å². The van der Waals surface area contributed by atoms with Crippen LogP contribution in [0.4, 0.5) is 4.39 Å². The number of hydrogen-bond acceptors (Lipinski definition) is 4. The van der Waals surface area contributed by atoms with Crippen LogP contribution in [0.5, 0.6) is 5.75 Å². The van der Waals surface area contributed by atoms with E-state index in [1.807, 2.05) is 0 Å². The minimum Gasteiger partial charge on any atom is -0.497 e. The van der Waals surface area contributed by atoms with Gasteiger partial charge in [-0.1, -0.05) is 12.1 Å². The Morgan fingerprint density at radius 3 is 2.29 bits per heavy atom. The average Bonchev–Trinajstić information content (AvgIpc) is 2.47. The molecule has 2 rings (SSSR count). The number of ether oxygens (including phenoxy) is 1. The summed E-state index contributed by atoms with van der Waals surface area (Å²) in [6, 6.07) is 11.0. The van der Waals surface area contributed by atoms with Crippen molar-refractivity contribution in [2.24, 2.45) is 0 Å². The van der Waals surface area contributed by atoms with Crippen LogP contribution in [0.3, 0.4) is 0 Å². The van der Waals surface area contributed by atoms with Gasteiger partial charge in [-0.3, -0.25) is 4.79 Å². The predicted molar refractivity (Wildman–Crippen MR) is 75.8 cm³/mol. The molecule has 0 radical (unpaired) electrons. The van der Waals surface area contributed by atoms with Crippen LogP contribution in [0.2, 0.25) is 0 Å². The lowest BCUT2D eigenvalue weighted by Crippen LogP contribution is -2.17. The van der Waals surface area contributed by atoms with Crippen LogP contribution >= 0.6 is 0 Å². The number of ketones is 1. The van der Waals surface area contributed by atoms with E-state index in [-0.39, 0.29) is 10.5 Å². The molecule has 0 saturated heterocycles. The number of benzene rings is 2. The molecule has 2 aromatic rings. The first-order valence-electron chi connectivity index (χ1n) is 6.08. The summed E-state index contributed by atoms with van der Waals surface area (Å²) < 4.78 is 42.7. The molecule has 0 aliphatic heterocycles. The molecule has 0 amide bonds. The minimum atomic E-state index is -3.82. The Balaban J connectivity index is 2.24. The first-order valence-corrected chi connectivity index (χ1v) is 7.74. The highest BCUT2D eigenvalue weighted by Gasteiger charge is 2.22. The lowest BCUT2D eigenvalue weighted by Gasteiger charge is -2.06. The lowest BCUT2D eigenvalue weighted by atomic mass is 10.1. The molecule has 2 aromatic carbocycles. The normalized spacial score (nSPS) is 11.1. The molecule has 110 valence electrons. The second-order valence-corrected chi connectivity index (χ2v) is 6.33. The lowest BCUT2D eigenvalue weighted by molar-refractivity contribution is 0.101. The van der Waals surface area contributed by atoms with Crippen molar-refractivity contribution in [1.29, 1.82) is 0 Å². The van der Waals surface area contributed by atoms with Crippen molar-refractivity contribution in [2.75, 3.05) is 12.9 Å². The quantitative estimate of drug-likeness (QED) is 0.796. The van der Waals surface area contributed by atoms with Crippen molar-refractivity contribution in [3.05, 3.63) is 59.9 Å². The van der Waals surface area contributed by atoms with E-state index in [0.717, 1.165) is 6.07 Å². The van der Waals surface area contributed by atoms with Gasteiger partial charge in [0.25, 0.3) is 0 Å². The van der Waals surface area contributed by atoms with Gasteiger partial charge >= 0.3 is 0 Å². The first-order chi connectivity index (χ1) is 9.94. The standard InChI is InChI=1S/C15H13FO4S/c1-20-11-6-8-12(9-7-11)21(18,19)10-15(17)13-4-2-3-5-14(13)16/h2-9H,10H2,1H3. The topological polar surface area (TPSA) is 60.4 Å². The van der Waals surface area contributed by atoms with Gasteiger partial charge < -0.3 is 4.74 Å². The molecular formula is C15H13FO4S. The molecule has 0 aliphatic carbocycles. The van der Waals surface area contributed by atoms with Crippen LogP contribution in [0.25, 0.3) is 0 Å². The molecule has 0 spiro atoms. The summed E-state index contributed by atoms with van der Waals surface area (Å²) in [7, 11) is -2.36. The monoisotopic (exact) mass is 308 g/mol. The Bertz CT molecular complexity index is 751. The van der Waals surface area contributed by atoms with E-state index in [2.05, 4.69) is 0 Å². The molecule has 0 unspecified atom stereocenters. The Morgan fingerprint density at radius 1 is 1.10 bits per heavy atom. The summed E-state index contributed by atoms with van der Waals surface area (Å²) in [6.45, 7) is 0. The molecule has 6 heteroatoms. The fourth-order valence-corrected chi connectivity index (χ4v) is 3.02. The highest BCUT2D eigenvalue weighted by Crippen LogP contribution is 2.18. The number of carbonyl (C=O) groups is 1. The molecule has 0 aromatic heterocycles. The second kappa shape index (κ2) is 6.05. The van der Waals surface area contributed by atoms with E-state index in [9.17, 15) is 17.6 Å². The van der Waals surface area contributed by atoms with E-state index in [1.54, 1.807) is 0 Å². The van der Waals surface area contributed by atoms with Crippen LogP contribution in [-0.4, -0.2) is 27.1 Å². The number of Topliss-reactive ketones (excluding diaryl/α,β-unsaturated/α-hetero) is 1. The van der Waals surface area contributed by atoms with E-state index in [0.29, 0.717) is 5.75 Å². The average molecular weight is 308 g/mol. The summed E-state index contributed by atoms with van der Waals surface area (Å²) in [6.07, 6.45) is 0. The molecule has 0 fully saturated rings. The van der Waals surface area contributed by atoms with Crippen molar-refractivity contribution < 1.29 is 22.3 Å². The maximum absolute atomic E-state index is 13.5. The summed E-state index contributed by atoms with van der Waals surface area (Å²) in [4.78, 5) is 11.9. The van der Waals surface area contributed by atoms with Gasteiger partial charge in [-0.05, 0) is 36.4 Å². The maximum atomic E-state index is 13.5. The molecule has 0 saturated carbocycles. The molecule has 21 heavy (non-hydrogen) atoms.